The number of anilines is 2. The number of Topliss-reactive ketones (excluding diaryl/α,β-unsaturated/α-hetero) is 1. The number of aromatic hydroxyl groups is 1. The minimum atomic E-state index is -1.06. The monoisotopic (exact) mass is 704 g/mol. The lowest BCUT2D eigenvalue weighted by Crippen LogP contribution is -2.39. The van der Waals surface area contributed by atoms with E-state index in [1.807, 2.05) is 30.3 Å². The molecule has 0 radical (unpaired) electrons. The van der Waals surface area contributed by atoms with Crippen LogP contribution in [0.25, 0.3) is 0 Å². The van der Waals surface area contributed by atoms with Gasteiger partial charge in [-0.2, -0.15) is 0 Å². The molecule has 1 aliphatic heterocycles. The third-order valence-electron chi connectivity index (χ3n) is 10.3. The van der Waals surface area contributed by atoms with Crippen molar-refractivity contribution in [3.8, 4) is 11.5 Å². The van der Waals surface area contributed by atoms with Crippen molar-refractivity contribution in [3.63, 3.8) is 0 Å². The fraction of sp³-hybridized carbons (Fsp3) is 0.263. The maximum absolute atomic E-state index is 14.4. The summed E-state index contributed by atoms with van der Waals surface area (Å²) in [6, 6.07) is 16.1. The zero-order valence-corrected chi connectivity index (χ0v) is 28.3. The summed E-state index contributed by atoms with van der Waals surface area (Å²) in [7, 11) is 2.81. The van der Waals surface area contributed by atoms with Crippen molar-refractivity contribution in [1.29, 1.82) is 0 Å². The molecule has 14 nitrogen and oxygen atoms in total. The molecule has 3 aromatic rings. The molecular formula is C38H32N4O10. The summed E-state index contributed by atoms with van der Waals surface area (Å²) in [5.74, 6) is -5.75. The summed E-state index contributed by atoms with van der Waals surface area (Å²) in [4.78, 5) is 80.2. The number of rotatable bonds is 8. The number of carbonyl (C=O) groups excluding carboxylic acids is 4. The Morgan fingerprint density at radius 2 is 1.60 bits per heavy atom. The number of nitro groups is 2. The Morgan fingerprint density at radius 3 is 2.21 bits per heavy atom. The molecule has 2 amide bonds. The minimum absolute atomic E-state index is 0.0413. The maximum atomic E-state index is 14.4. The van der Waals surface area contributed by atoms with Crippen molar-refractivity contribution in [2.24, 2.45) is 17.8 Å². The Hall–Kier alpha value is -6.44. The number of nitrogens with zero attached hydrogens (tertiary/aromatic N) is 4. The zero-order chi connectivity index (χ0) is 37.2. The lowest BCUT2D eigenvalue weighted by molar-refractivity contribution is -0.392. The molecule has 3 aromatic carbocycles. The number of ether oxygens (including phenoxy) is 1. The van der Waals surface area contributed by atoms with E-state index in [1.54, 1.807) is 18.2 Å². The van der Waals surface area contributed by atoms with Crippen molar-refractivity contribution in [2.45, 2.75) is 32.3 Å². The van der Waals surface area contributed by atoms with E-state index in [1.165, 1.54) is 38.1 Å². The number of imide groups is 1. The van der Waals surface area contributed by atoms with Crippen molar-refractivity contribution in [1.82, 2.24) is 0 Å². The van der Waals surface area contributed by atoms with E-state index in [9.17, 15) is 44.5 Å². The third-order valence-corrected chi connectivity index (χ3v) is 10.3. The van der Waals surface area contributed by atoms with E-state index in [0.717, 1.165) is 22.6 Å². The van der Waals surface area contributed by atoms with Gasteiger partial charge in [0.1, 0.15) is 18.1 Å². The summed E-state index contributed by atoms with van der Waals surface area (Å²) in [5, 5.41) is 35.6. The smallest absolute Gasteiger partial charge is 0.301 e. The van der Waals surface area contributed by atoms with Gasteiger partial charge in [-0.15, -0.1) is 0 Å². The fourth-order valence-corrected chi connectivity index (χ4v) is 8.05. The Kier molecular flexibility index (Phi) is 8.32. The van der Waals surface area contributed by atoms with Crippen molar-refractivity contribution < 1.29 is 38.9 Å². The molecule has 52 heavy (non-hydrogen) atoms. The zero-order valence-electron chi connectivity index (χ0n) is 28.3. The number of phenolic OH excluding ortho intramolecular Hbond substituents is 1. The molecule has 7 rings (SSSR count). The molecule has 1 heterocycles. The highest BCUT2D eigenvalue weighted by Crippen LogP contribution is 2.57. The van der Waals surface area contributed by atoms with Crippen molar-refractivity contribution in [2.75, 3.05) is 23.9 Å². The second kappa shape index (κ2) is 12.7. The molecule has 1 fully saturated rings. The van der Waals surface area contributed by atoms with Crippen LogP contribution in [0.4, 0.5) is 22.7 Å². The van der Waals surface area contributed by atoms with Crippen LogP contribution in [0, 0.1) is 38.0 Å². The molecule has 4 aliphatic rings. The highest BCUT2D eigenvalue weighted by molar-refractivity contribution is 6.25. The van der Waals surface area contributed by atoms with E-state index in [4.69, 9.17) is 4.74 Å². The molecule has 3 aliphatic carbocycles. The molecule has 0 saturated carbocycles. The third kappa shape index (κ3) is 5.43. The molecule has 0 aromatic heterocycles. The first-order chi connectivity index (χ1) is 24.8. The second-order valence-corrected chi connectivity index (χ2v) is 13.5. The first-order valence-corrected chi connectivity index (χ1v) is 16.5. The molecule has 4 atom stereocenters. The standard InChI is InChI=1S/C38H32N4O10/c1-19-13-31(44)34-27(36(19)45)17-26-23(32(34)24-10-9-22(16-30(24)43)52-18-20-7-5-4-6-8-20)11-12-25-33(26)38(47)40(37(25)46)21-14-28(41(48)49)35(39(2)3)29(15-21)42(50)51/h4-11,13-16,25-26,32-33,43H,12,17-18H2,1-3H3/t25-,26+,32+,33-/m0/s1. The number of hydrogen-bond acceptors (Lipinski definition) is 11. The summed E-state index contributed by atoms with van der Waals surface area (Å²) in [6.45, 7) is 1.76. The van der Waals surface area contributed by atoms with Gasteiger partial charge in [0, 0.05) is 60.5 Å². The van der Waals surface area contributed by atoms with Crippen LogP contribution >= 0.6 is 0 Å². The van der Waals surface area contributed by atoms with Gasteiger partial charge in [0.05, 0.1) is 27.4 Å². The first kappa shape index (κ1) is 34.0. The van der Waals surface area contributed by atoms with Gasteiger partial charge in [-0.25, -0.2) is 4.90 Å². The van der Waals surface area contributed by atoms with E-state index >= 15 is 0 Å². The number of benzene rings is 3. The molecule has 0 bridgehead atoms. The number of phenols is 1. The summed E-state index contributed by atoms with van der Waals surface area (Å²) in [6.07, 6.45) is 3.03. The van der Waals surface area contributed by atoms with Crippen LogP contribution in [0.15, 0.2) is 95.1 Å². The number of fused-ring (bicyclic) bond motifs is 3. The van der Waals surface area contributed by atoms with Crippen LogP contribution in [0.5, 0.6) is 11.5 Å². The molecule has 1 saturated heterocycles. The maximum Gasteiger partial charge on any atom is 0.301 e. The molecule has 264 valence electrons. The Balaban J connectivity index is 1.30. The number of hydrogen-bond donors (Lipinski definition) is 1. The van der Waals surface area contributed by atoms with Crippen LogP contribution < -0.4 is 14.5 Å². The number of nitro benzene ring substituents is 2. The second-order valence-electron chi connectivity index (χ2n) is 13.5. The molecule has 0 spiro atoms. The van der Waals surface area contributed by atoms with E-state index in [-0.39, 0.29) is 59.1 Å². The number of amides is 2. The fourth-order valence-electron chi connectivity index (χ4n) is 8.05. The van der Waals surface area contributed by atoms with Crippen LogP contribution in [0.3, 0.4) is 0 Å². The normalized spacial score (nSPS) is 22.3. The van der Waals surface area contributed by atoms with Gasteiger partial charge in [0.15, 0.2) is 17.3 Å². The lowest BCUT2D eigenvalue weighted by Gasteiger charge is -2.42. The van der Waals surface area contributed by atoms with Gasteiger partial charge >= 0.3 is 11.4 Å². The minimum Gasteiger partial charge on any atom is -0.507 e. The molecule has 1 N–H and O–H groups in total. The van der Waals surface area contributed by atoms with Crippen LogP contribution in [-0.2, 0) is 25.8 Å². The molecular weight excluding hydrogens is 672 g/mol. The first-order valence-electron chi connectivity index (χ1n) is 16.5. The van der Waals surface area contributed by atoms with Crippen molar-refractivity contribution >= 4 is 46.1 Å². The number of ketones is 2. The Morgan fingerprint density at radius 1 is 0.923 bits per heavy atom. The van der Waals surface area contributed by atoms with Crippen LogP contribution in [0.1, 0.15) is 36.8 Å². The highest BCUT2D eigenvalue weighted by Gasteiger charge is 2.57. The number of carbonyl (C=O) groups is 4. The number of allylic oxidation sites excluding steroid dienone is 6. The van der Waals surface area contributed by atoms with Gasteiger partial charge < -0.3 is 14.7 Å². The molecule has 14 heteroatoms. The topological polar surface area (TPSA) is 190 Å². The Bertz CT molecular complexity index is 2190. The predicted molar refractivity (Wildman–Crippen MR) is 187 cm³/mol. The van der Waals surface area contributed by atoms with E-state index in [0.29, 0.717) is 16.9 Å². The van der Waals surface area contributed by atoms with Crippen LogP contribution in [0.2, 0.25) is 0 Å². The highest BCUT2D eigenvalue weighted by atomic mass is 16.6. The SMILES string of the molecule is CC1=CC(=O)C2=C(C[C@@H]3C(=CC[C@@H]4C(=O)N(c5cc([N+](=O)[O-])c(N(C)C)c([N+](=O)[O-])c5)C(=O)[C@@H]43)[C@@H]2c2ccc(OCc3ccccc3)cc2O)C1=O. The van der Waals surface area contributed by atoms with E-state index in [2.05, 4.69) is 0 Å². The average molecular weight is 705 g/mol. The summed E-state index contributed by atoms with van der Waals surface area (Å²) < 4.78 is 5.89. The van der Waals surface area contributed by atoms with Gasteiger partial charge in [-0.3, -0.25) is 39.4 Å². The summed E-state index contributed by atoms with van der Waals surface area (Å²) in [5.41, 5.74) is 0.454. The van der Waals surface area contributed by atoms with Gasteiger partial charge in [-0.1, -0.05) is 48.0 Å². The Labute approximate surface area is 296 Å². The van der Waals surface area contributed by atoms with Crippen LogP contribution in [-0.4, -0.2) is 52.4 Å². The largest absolute Gasteiger partial charge is 0.507 e. The quantitative estimate of drug-likeness (QED) is 0.103. The van der Waals surface area contributed by atoms with E-state index < -0.39 is 62.5 Å². The van der Waals surface area contributed by atoms with Gasteiger partial charge in [0.2, 0.25) is 11.8 Å². The van der Waals surface area contributed by atoms with Crippen molar-refractivity contribution in [3.05, 3.63) is 126 Å². The lowest BCUT2D eigenvalue weighted by atomic mass is 9.59. The molecule has 0 unspecified atom stereocenters. The van der Waals surface area contributed by atoms with Gasteiger partial charge in [-0.05, 0) is 43.4 Å². The summed E-state index contributed by atoms with van der Waals surface area (Å²) >= 11 is 0. The van der Waals surface area contributed by atoms with Gasteiger partial charge in [0.25, 0.3) is 0 Å². The predicted octanol–water partition coefficient (Wildman–Crippen LogP) is 5.49. The average Bonchev–Trinajstić information content (AvgIpc) is 3.37.